The third-order valence-electron chi connectivity index (χ3n) is 3.05. The molecule has 1 fully saturated rings. The molecule has 1 aromatic carbocycles. The van der Waals surface area contributed by atoms with Gasteiger partial charge in [-0.25, -0.2) is 4.79 Å². The van der Waals surface area contributed by atoms with E-state index >= 15 is 0 Å². The number of hydrogen-bond donors (Lipinski definition) is 1. The van der Waals surface area contributed by atoms with E-state index < -0.39 is 5.97 Å². The van der Waals surface area contributed by atoms with Crippen LogP contribution in [-0.4, -0.2) is 41.3 Å². The van der Waals surface area contributed by atoms with Gasteiger partial charge in [-0.1, -0.05) is 6.07 Å². The summed E-state index contributed by atoms with van der Waals surface area (Å²) in [6.07, 6.45) is 0. The molecule has 0 radical (unpaired) electrons. The molecule has 6 heteroatoms. The number of halogens is 2. The Labute approximate surface area is 129 Å². The zero-order valence-corrected chi connectivity index (χ0v) is 13.7. The van der Waals surface area contributed by atoms with Crippen LogP contribution in [0.25, 0.3) is 0 Å². The van der Waals surface area contributed by atoms with E-state index in [4.69, 9.17) is 9.84 Å². The molecule has 0 atom stereocenters. The molecule has 1 heterocycles. The first-order valence-corrected chi connectivity index (χ1v) is 7.49. The second-order valence-corrected chi connectivity index (χ2v) is 6.73. The zero-order chi connectivity index (χ0) is 14.0. The molecular formula is C13H15Br2NO3. The molecule has 0 bridgehead atoms. The summed E-state index contributed by atoms with van der Waals surface area (Å²) in [7, 11) is 0. The first-order chi connectivity index (χ1) is 8.88. The number of aliphatic carboxylic acids is 1. The Morgan fingerprint density at radius 3 is 2.68 bits per heavy atom. The average Bonchev–Trinajstić information content (AvgIpc) is 2.29. The minimum absolute atomic E-state index is 0.228. The highest BCUT2D eigenvalue weighted by Crippen LogP contribution is 2.28. The van der Waals surface area contributed by atoms with E-state index in [2.05, 4.69) is 48.9 Å². The summed E-state index contributed by atoms with van der Waals surface area (Å²) < 4.78 is 7.45. The maximum absolute atomic E-state index is 10.5. The minimum atomic E-state index is -0.920. The molecule has 0 aliphatic carbocycles. The number of rotatable bonds is 5. The summed E-state index contributed by atoms with van der Waals surface area (Å²) in [5.41, 5.74) is 0.890. The lowest BCUT2D eigenvalue weighted by molar-refractivity contribution is -0.165. The highest BCUT2D eigenvalue weighted by molar-refractivity contribution is 9.13. The van der Waals surface area contributed by atoms with Gasteiger partial charge in [-0.3, -0.25) is 4.90 Å². The molecule has 19 heavy (non-hydrogen) atoms. The molecular weight excluding hydrogens is 378 g/mol. The highest BCUT2D eigenvalue weighted by atomic mass is 79.9. The SMILES string of the molecule is CC1(OCC(=O)O)CN(Cc2ccc(Br)c(Br)c2)C1. The molecule has 0 unspecified atom stereocenters. The topological polar surface area (TPSA) is 49.8 Å². The van der Waals surface area contributed by atoms with Gasteiger partial charge in [0.15, 0.2) is 0 Å². The van der Waals surface area contributed by atoms with Crippen molar-refractivity contribution >= 4 is 37.8 Å². The lowest BCUT2D eigenvalue weighted by Crippen LogP contribution is -2.61. The lowest BCUT2D eigenvalue weighted by Gasteiger charge is -2.47. The summed E-state index contributed by atoms with van der Waals surface area (Å²) in [5.74, 6) is -0.920. The Bertz CT molecular complexity index is 487. The fourth-order valence-corrected chi connectivity index (χ4v) is 2.91. The average molecular weight is 393 g/mol. The Kier molecular flexibility index (Phi) is 4.66. The predicted octanol–water partition coefficient (Wildman–Crippen LogP) is 2.89. The van der Waals surface area contributed by atoms with Crippen LogP contribution in [0.1, 0.15) is 12.5 Å². The Balaban J connectivity index is 1.84. The molecule has 0 aromatic heterocycles. The van der Waals surface area contributed by atoms with Crippen molar-refractivity contribution in [3.8, 4) is 0 Å². The van der Waals surface area contributed by atoms with Crippen LogP contribution in [-0.2, 0) is 16.1 Å². The number of nitrogens with zero attached hydrogens (tertiary/aromatic N) is 1. The van der Waals surface area contributed by atoms with Crippen molar-refractivity contribution in [1.29, 1.82) is 0 Å². The van der Waals surface area contributed by atoms with Gasteiger partial charge in [-0.15, -0.1) is 0 Å². The van der Waals surface area contributed by atoms with Crippen molar-refractivity contribution < 1.29 is 14.6 Å². The third kappa shape index (κ3) is 4.02. The predicted molar refractivity (Wildman–Crippen MR) is 79.1 cm³/mol. The third-order valence-corrected chi connectivity index (χ3v) is 4.93. The number of ether oxygens (including phenoxy) is 1. The number of benzene rings is 1. The van der Waals surface area contributed by atoms with Crippen LogP contribution in [0.3, 0.4) is 0 Å². The van der Waals surface area contributed by atoms with Crippen LogP contribution in [0.5, 0.6) is 0 Å². The van der Waals surface area contributed by atoms with E-state index in [-0.39, 0.29) is 12.2 Å². The summed E-state index contributed by atoms with van der Waals surface area (Å²) in [4.78, 5) is 12.7. The van der Waals surface area contributed by atoms with Crippen molar-refractivity contribution in [1.82, 2.24) is 4.90 Å². The number of carboxylic acid groups (broad SMARTS) is 1. The zero-order valence-electron chi connectivity index (χ0n) is 10.5. The van der Waals surface area contributed by atoms with Crippen molar-refractivity contribution in [2.24, 2.45) is 0 Å². The first-order valence-electron chi connectivity index (χ1n) is 5.90. The van der Waals surface area contributed by atoms with Gasteiger partial charge in [0, 0.05) is 28.6 Å². The highest BCUT2D eigenvalue weighted by Gasteiger charge is 2.39. The maximum Gasteiger partial charge on any atom is 0.329 e. The number of hydrogen-bond acceptors (Lipinski definition) is 3. The molecule has 1 saturated heterocycles. The smallest absolute Gasteiger partial charge is 0.329 e. The monoisotopic (exact) mass is 391 g/mol. The van der Waals surface area contributed by atoms with E-state index in [1.807, 2.05) is 13.0 Å². The number of carboxylic acids is 1. The number of likely N-dealkylation sites (tertiary alicyclic amines) is 1. The molecule has 4 nitrogen and oxygen atoms in total. The molecule has 0 spiro atoms. The lowest BCUT2D eigenvalue weighted by atomic mass is 9.95. The van der Waals surface area contributed by atoms with Crippen LogP contribution in [0.2, 0.25) is 0 Å². The molecule has 1 N–H and O–H groups in total. The molecule has 1 aliphatic rings. The fraction of sp³-hybridized carbons (Fsp3) is 0.462. The molecule has 1 aliphatic heterocycles. The van der Waals surface area contributed by atoms with Gasteiger partial charge in [0.05, 0.1) is 5.60 Å². The van der Waals surface area contributed by atoms with Crippen LogP contribution in [0.4, 0.5) is 0 Å². The number of carbonyl (C=O) groups is 1. The van der Waals surface area contributed by atoms with Gasteiger partial charge < -0.3 is 9.84 Å². The summed E-state index contributed by atoms with van der Waals surface area (Å²) in [5, 5.41) is 8.61. The van der Waals surface area contributed by atoms with Gasteiger partial charge in [0.25, 0.3) is 0 Å². The fourth-order valence-electron chi connectivity index (χ4n) is 2.23. The largest absolute Gasteiger partial charge is 0.480 e. The van der Waals surface area contributed by atoms with E-state index in [1.54, 1.807) is 0 Å². The quantitative estimate of drug-likeness (QED) is 0.836. The second-order valence-electron chi connectivity index (χ2n) is 5.03. The Morgan fingerprint density at radius 1 is 1.42 bits per heavy atom. The van der Waals surface area contributed by atoms with Gasteiger partial charge in [-0.2, -0.15) is 0 Å². The van der Waals surface area contributed by atoms with Gasteiger partial charge >= 0.3 is 5.97 Å². The normalized spacial score (nSPS) is 18.1. The van der Waals surface area contributed by atoms with Crippen molar-refractivity contribution in [2.45, 2.75) is 19.1 Å². The van der Waals surface area contributed by atoms with E-state index in [0.29, 0.717) is 0 Å². The van der Waals surface area contributed by atoms with E-state index in [1.165, 1.54) is 5.56 Å². The molecule has 104 valence electrons. The summed E-state index contributed by atoms with van der Waals surface area (Å²) in [6.45, 7) is 4.08. The molecule has 0 amide bonds. The van der Waals surface area contributed by atoms with Crippen molar-refractivity contribution in [2.75, 3.05) is 19.7 Å². The maximum atomic E-state index is 10.5. The molecule has 2 rings (SSSR count). The van der Waals surface area contributed by atoms with Crippen LogP contribution in [0, 0.1) is 0 Å². The Hall–Kier alpha value is -0.430. The van der Waals surface area contributed by atoms with Crippen LogP contribution < -0.4 is 0 Å². The minimum Gasteiger partial charge on any atom is -0.480 e. The first kappa shape index (κ1) is 15.0. The summed E-state index contributed by atoms with van der Waals surface area (Å²) >= 11 is 6.93. The van der Waals surface area contributed by atoms with Gasteiger partial charge in [0.1, 0.15) is 6.61 Å². The van der Waals surface area contributed by atoms with Crippen LogP contribution >= 0.6 is 31.9 Å². The van der Waals surface area contributed by atoms with Crippen LogP contribution in [0.15, 0.2) is 27.1 Å². The van der Waals surface area contributed by atoms with Crippen molar-refractivity contribution in [3.05, 3.63) is 32.7 Å². The van der Waals surface area contributed by atoms with Crippen molar-refractivity contribution in [3.63, 3.8) is 0 Å². The van der Waals surface area contributed by atoms with Gasteiger partial charge in [-0.05, 0) is 56.5 Å². The molecule has 1 aromatic rings. The Morgan fingerprint density at radius 2 is 2.11 bits per heavy atom. The van der Waals surface area contributed by atoms with E-state index in [0.717, 1.165) is 28.6 Å². The standard InChI is InChI=1S/C13H15Br2NO3/c1-13(19-6-12(17)18)7-16(8-13)5-9-2-3-10(14)11(15)4-9/h2-4H,5-8H2,1H3,(H,17,18). The molecule has 0 saturated carbocycles. The summed E-state index contributed by atoms with van der Waals surface area (Å²) in [6, 6.07) is 6.17. The van der Waals surface area contributed by atoms with Gasteiger partial charge in [0.2, 0.25) is 0 Å². The van der Waals surface area contributed by atoms with E-state index in [9.17, 15) is 4.79 Å². The second kappa shape index (κ2) is 5.91.